The van der Waals surface area contributed by atoms with E-state index in [1.165, 1.54) is 0 Å². The third-order valence-electron chi connectivity index (χ3n) is 4.78. The van der Waals surface area contributed by atoms with Crippen LogP contribution in [0, 0.1) is 17.7 Å². The van der Waals surface area contributed by atoms with Crippen molar-refractivity contribution < 1.29 is 51.9 Å². The van der Waals surface area contributed by atoms with Crippen LogP contribution in [0.2, 0.25) is 0 Å². The molecule has 0 spiro atoms. The van der Waals surface area contributed by atoms with Crippen LogP contribution in [0.1, 0.15) is 90.2 Å². The van der Waals surface area contributed by atoms with Gasteiger partial charge in [-0.15, -0.1) is 0 Å². The van der Waals surface area contributed by atoms with Gasteiger partial charge in [0.1, 0.15) is 12.1 Å². The number of esters is 1. The summed E-state index contributed by atoms with van der Waals surface area (Å²) in [5.41, 5.74) is 4.88. The van der Waals surface area contributed by atoms with Gasteiger partial charge in [-0.25, -0.2) is 0 Å². The molecule has 1 fully saturated rings. The standard InChI is InChI=1S/C24H38N2O4/c1-14(2)9-17-13-26-8-7-16-10-21(28-5)22(29-6)11-18(16)19(26)12-20(17)30-24(27)23(25)15(3)4/h10-11,14-15,17,19-20,23H,7-9,12-13,25H2,1-6H3/t17?,19?,20?,23-/m0/s1/i1D3,2D3,3D3,4D3,5D3,9D2,10D,11D,14D,15D,19D,20D,23D. The molecule has 2 heterocycles. The van der Waals surface area contributed by atoms with Crippen molar-refractivity contribution in [3.8, 4) is 11.5 Å². The van der Waals surface area contributed by atoms with Crippen LogP contribution < -0.4 is 15.2 Å². The molecule has 2 aliphatic heterocycles. The second-order valence-electron chi connectivity index (χ2n) is 6.60. The van der Waals surface area contributed by atoms with Crippen molar-refractivity contribution in [3.63, 3.8) is 0 Å². The van der Waals surface area contributed by atoms with E-state index in [1.54, 1.807) is 0 Å². The van der Waals surface area contributed by atoms with Crippen molar-refractivity contribution in [1.82, 2.24) is 4.90 Å². The third-order valence-corrected chi connectivity index (χ3v) is 4.78. The number of carbonyl (C=O) groups excluding carboxylic acids is 1. The molecule has 2 N–H and O–H groups in total. The summed E-state index contributed by atoms with van der Waals surface area (Å²) in [7, 11) is -2.21. The molecule has 0 aliphatic carbocycles. The monoisotopic (exact) mass is 442 g/mol. The number of hydrogen-bond donors (Lipinski definition) is 1. The number of fused-ring (bicyclic) bond motifs is 3. The van der Waals surface area contributed by atoms with E-state index < -0.39 is 131 Å². The summed E-state index contributed by atoms with van der Waals surface area (Å²) >= 11 is 0. The Morgan fingerprint density at radius 1 is 1.40 bits per heavy atom. The van der Waals surface area contributed by atoms with Crippen molar-refractivity contribution in [1.29, 1.82) is 0 Å². The Bertz CT molecular complexity index is 1600. The van der Waals surface area contributed by atoms with Crippen LogP contribution in [0.5, 0.6) is 11.5 Å². The van der Waals surface area contributed by atoms with Gasteiger partial charge in [-0.1, -0.05) is 27.4 Å². The summed E-state index contributed by atoms with van der Waals surface area (Å²) in [6.45, 7) is -17.8. The van der Waals surface area contributed by atoms with Gasteiger partial charge in [0.15, 0.2) is 11.5 Å². The van der Waals surface area contributed by atoms with Crippen LogP contribution in [0.3, 0.4) is 0 Å². The van der Waals surface area contributed by atoms with E-state index in [2.05, 4.69) is 0 Å². The molecule has 0 saturated carbocycles. The molecule has 1 aromatic carbocycles. The van der Waals surface area contributed by atoms with Gasteiger partial charge in [0.25, 0.3) is 0 Å². The van der Waals surface area contributed by atoms with E-state index in [4.69, 9.17) is 50.1 Å². The normalized spacial score (nSPS) is 45.9. The molecule has 168 valence electrons. The summed E-state index contributed by atoms with van der Waals surface area (Å²) < 4.78 is 211. The molecular weight excluding hydrogens is 380 g/mol. The van der Waals surface area contributed by atoms with Gasteiger partial charge in [0.2, 0.25) is 0 Å². The number of nitrogens with two attached hydrogens (primary N) is 1. The minimum absolute atomic E-state index is 0.245. The second-order valence-corrected chi connectivity index (χ2v) is 6.60. The zero-order chi connectivity index (χ0) is 42.6. The van der Waals surface area contributed by atoms with Crippen LogP contribution in [-0.4, -0.2) is 50.2 Å². The highest BCUT2D eigenvalue weighted by molar-refractivity contribution is 5.76. The van der Waals surface area contributed by atoms with Gasteiger partial charge in [0.05, 0.1) is 25.1 Å². The van der Waals surface area contributed by atoms with Crippen LogP contribution in [0.4, 0.5) is 0 Å². The number of ether oxygens (including phenoxy) is 3. The summed E-state index contributed by atoms with van der Waals surface area (Å²) in [4.78, 5) is 14.8. The Kier molecular flexibility index (Phi) is 2.27. The number of rotatable bonds is 7. The first kappa shape index (κ1) is 7.11. The summed E-state index contributed by atoms with van der Waals surface area (Å²) in [5.74, 6) is -15.0. The van der Waals surface area contributed by atoms with E-state index in [-0.39, 0.29) is 12.0 Å². The Labute approximate surface area is 214 Å². The number of benzene rings is 1. The summed E-state index contributed by atoms with van der Waals surface area (Å²) in [6, 6.07) is -8.38. The van der Waals surface area contributed by atoms with Gasteiger partial charge >= 0.3 is 5.97 Å². The Balaban J connectivity index is 2.44. The second kappa shape index (κ2) is 9.56. The average Bonchev–Trinajstić information content (AvgIpc) is 2.94. The minimum Gasteiger partial charge on any atom is -0.493 e. The third kappa shape index (κ3) is 4.75. The fourth-order valence-electron chi connectivity index (χ4n) is 3.39. The lowest BCUT2D eigenvalue weighted by atomic mass is 9.79. The molecule has 30 heavy (non-hydrogen) atoms. The Morgan fingerprint density at radius 2 is 2.20 bits per heavy atom. The van der Waals surface area contributed by atoms with E-state index in [0.29, 0.717) is 0 Å². The summed E-state index contributed by atoms with van der Waals surface area (Å²) in [6.07, 6.45) is -9.40. The number of nitrogens with zero attached hydrogens (tertiary/aromatic N) is 1. The number of carbonyl (C=O) groups is 1. The first-order chi connectivity index (χ1) is 23.7. The minimum atomic E-state index is -4.23. The maximum atomic E-state index is 13.8. The number of methoxy groups -OCH3 is 2. The van der Waals surface area contributed by atoms with Crippen molar-refractivity contribution in [3.05, 3.63) is 23.2 Å². The number of piperidine rings is 1. The maximum Gasteiger partial charge on any atom is 0.323 e. The van der Waals surface area contributed by atoms with Crippen LogP contribution in [0.15, 0.2) is 12.1 Å². The van der Waals surface area contributed by atoms with Crippen molar-refractivity contribution in [2.24, 2.45) is 23.4 Å². The molecular formula is C24H38N2O4. The molecule has 6 nitrogen and oxygen atoms in total. The molecule has 0 amide bonds. The quantitative estimate of drug-likeness (QED) is 0.651. The molecule has 0 radical (unpaired) electrons. The molecule has 3 unspecified atom stereocenters. The Morgan fingerprint density at radius 3 is 2.90 bits per heavy atom. The molecule has 0 aromatic heterocycles. The molecule has 6 heteroatoms. The molecule has 1 aromatic rings. The smallest absolute Gasteiger partial charge is 0.323 e. The topological polar surface area (TPSA) is 74.0 Å². The fourth-order valence-corrected chi connectivity index (χ4v) is 3.39. The van der Waals surface area contributed by atoms with Gasteiger partial charge < -0.3 is 19.9 Å². The van der Waals surface area contributed by atoms with E-state index in [1.807, 2.05) is 0 Å². The zero-order valence-corrected chi connectivity index (χ0v) is 16.1. The lowest BCUT2D eigenvalue weighted by Gasteiger charge is -2.47. The van der Waals surface area contributed by atoms with E-state index >= 15 is 0 Å². The summed E-state index contributed by atoms with van der Waals surface area (Å²) in [5, 5.41) is 0. The van der Waals surface area contributed by atoms with E-state index in [0.717, 1.165) is 12.0 Å². The largest absolute Gasteiger partial charge is 0.493 e. The lowest BCUT2D eigenvalue weighted by Crippen LogP contribution is -2.51. The van der Waals surface area contributed by atoms with Crippen LogP contribution in [0.25, 0.3) is 0 Å². The number of hydrogen-bond acceptors (Lipinski definition) is 6. The predicted molar refractivity (Wildman–Crippen MR) is 118 cm³/mol. The van der Waals surface area contributed by atoms with Gasteiger partial charge in [-0.2, -0.15) is 0 Å². The lowest BCUT2D eigenvalue weighted by molar-refractivity contribution is -0.160. The molecule has 3 rings (SSSR count). The van der Waals surface area contributed by atoms with Crippen molar-refractivity contribution in [2.75, 3.05) is 27.2 Å². The first-order valence-corrected chi connectivity index (χ1v) is 8.82. The zero-order valence-electron chi connectivity index (χ0n) is 40.1. The van der Waals surface area contributed by atoms with Crippen molar-refractivity contribution in [2.45, 2.75) is 64.7 Å². The molecule has 0 bridgehead atoms. The van der Waals surface area contributed by atoms with Gasteiger partial charge in [-0.3, -0.25) is 9.69 Å². The maximum absolute atomic E-state index is 13.8. The van der Waals surface area contributed by atoms with Crippen LogP contribution in [-0.2, 0) is 16.0 Å². The Hall–Kier alpha value is -1.79. The van der Waals surface area contributed by atoms with Gasteiger partial charge in [0, 0.05) is 53.4 Å². The fraction of sp³-hybridized carbons (Fsp3) is 0.708. The highest BCUT2D eigenvalue weighted by Gasteiger charge is 2.41. The first-order valence-electron chi connectivity index (χ1n) is 20.8. The highest BCUT2D eigenvalue weighted by Crippen LogP contribution is 2.44. The van der Waals surface area contributed by atoms with Crippen molar-refractivity contribution >= 4 is 5.97 Å². The van der Waals surface area contributed by atoms with Gasteiger partial charge in [-0.05, 0) is 47.8 Å². The molecule has 4 atom stereocenters. The van der Waals surface area contributed by atoms with E-state index in [9.17, 15) is 7.54 Å². The average molecular weight is 443 g/mol. The van der Waals surface area contributed by atoms with Crippen LogP contribution >= 0.6 is 0 Å². The molecule has 1 saturated heterocycles. The SMILES string of the molecule is [2H]c1c2c(c([2H])c(OC)c1OC([2H])([2H])[2H])C1([2H])CC([2H])(OC(=O)[C@@]([2H])(N)C([2H])(C([2H])([2H])[2H])C([2H])([2H])[2H])C(C([2H])([2H])C([2H])(C([2H])([2H])[2H])C([2H])([2H])[2H])CN1CC2. The molecule has 2 aliphatic rings. The predicted octanol–water partition coefficient (Wildman–Crippen LogP) is 3.56. The highest BCUT2D eigenvalue weighted by atomic mass is 16.5.